The summed E-state index contributed by atoms with van der Waals surface area (Å²) in [6.45, 7) is 3.76. The maximum absolute atomic E-state index is 11.8. The minimum absolute atomic E-state index is 0.0455. The summed E-state index contributed by atoms with van der Waals surface area (Å²) in [7, 11) is 0. The largest absolute Gasteiger partial charge is 0.480 e. The van der Waals surface area contributed by atoms with E-state index in [-0.39, 0.29) is 17.7 Å². The van der Waals surface area contributed by atoms with Gasteiger partial charge in [-0.25, -0.2) is 4.79 Å². The van der Waals surface area contributed by atoms with Gasteiger partial charge in [-0.2, -0.15) is 0 Å². The summed E-state index contributed by atoms with van der Waals surface area (Å²) in [5.74, 6) is -1.21. The van der Waals surface area contributed by atoms with E-state index in [1.165, 1.54) is 0 Å². The highest BCUT2D eigenvalue weighted by Crippen LogP contribution is 2.18. The monoisotopic (exact) mass is 225 g/mol. The Balaban J connectivity index is 2.54. The zero-order valence-corrected chi connectivity index (χ0v) is 9.77. The molecule has 0 fully saturated rings. The number of hydrogen-bond acceptors (Lipinski definition) is 2. The van der Waals surface area contributed by atoms with Crippen LogP contribution in [0.4, 0.5) is 0 Å². The molecule has 0 saturated heterocycles. The molecule has 90 valence electrons. The van der Waals surface area contributed by atoms with Crippen LogP contribution in [0.3, 0.4) is 0 Å². The summed E-state index contributed by atoms with van der Waals surface area (Å²) >= 11 is 0. The van der Waals surface area contributed by atoms with E-state index in [0.29, 0.717) is 0 Å². The zero-order chi connectivity index (χ0) is 12.1. The average molecular weight is 225 g/mol. The van der Waals surface area contributed by atoms with Crippen LogP contribution in [0.1, 0.15) is 33.1 Å². The second kappa shape index (κ2) is 5.68. The summed E-state index contributed by atoms with van der Waals surface area (Å²) in [5.41, 5.74) is 0. The second-order valence-corrected chi connectivity index (χ2v) is 4.35. The Kier molecular flexibility index (Phi) is 4.52. The number of allylic oxidation sites excluding steroid dienone is 2. The Morgan fingerprint density at radius 1 is 1.44 bits per heavy atom. The molecule has 0 aromatic heterocycles. The number of carboxylic acids is 1. The van der Waals surface area contributed by atoms with Crippen LogP contribution in [0.5, 0.6) is 0 Å². The van der Waals surface area contributed by atoms with E-state index >= 15 is 0 Å². The van der Waals surface area contributed by atoms with Gasteiger partial charge in [0.05, 0.1) is 0 Å². The topological polar surface area (TPSA) is 66.4 Å². The van der Waals surface area contributed by atoms with E-state index in [0.717, 1.165) is 19.3 Å². The van der Waals surface area contributed by atoms with E-state index in [4.69, 9.17) is 5.11 Å². The Morgan fingerprint density at radius 3 is 2.44 bits per heavy atom. The van der Waals surface area contributed by atoms with Gasteiger partial charge in [0.15, 0.2) is 0 Å². The summed E-state index contributed by atoms with van der Waals surface area (Å²) in [6, 6.07) is -0.766. The predicted molar refractivity (Wildman–Crippen MR) is 60.9 cm³/mol. The quantitative estimate of drug-likeness (QED) is 0.698. The van der Waals surface area contributed by atoms with E-state index in [9.17, 15) is 9.59 Å². The van der Waals surface area contributed by atoms with Crippen molar-refractivity contribution in [2.75, 3.05) is 0 Å². The number of nitrogens with one attached hydrogen (secondary N) is 1. The lowest BCUT2D eigenvalue weighted by Crippen LogP contribution is -2.46. The number of carbonyl (C=O) groups is 2. The molecule has 1 amide bonds. The molecule has 4 heteroatoms. The molecule has 1 aliphatic rings. The van der Waals surface area contributed by atoms with Crippen LogP contribution in [-0.2, 0) is 9.59 Å². The molecule has 0 radical (unpaired) electrons. The van der Waals surface area contributed by atoms with Crippen LogP contribution in [0.25, 0.3) is 0 Å². The lowest BCUT2D eigenvalue weighted by atomic mass is 9.97. The van der Waals surface area contributed by atoms with Gasteiger partial charge in [-0.3, -0.25) is 4.79 Å². The molecule has 0 heterocycles. The molecule has 0 aromatic carbocycles. The molecule has 16 heavy (non-hydrogen) atoms. The third kappa shape index (κ3) is 3.08. The highest BCUT2D eigenvalue weighted by atomic mass is 16.4. The van der Waals surface area contributed by atoms with Crippen LogP contribution in [0.2, 0.25) is 0 Å². The first-order valence-electron chi connectivity index (χ1n) is 5.74. The van der Waals surface area contributed by atoms with Gasteiger partial charge in [-0.1, -0.05) is 32.4 Å². The van der Waals surface area contributed by atoms with Crippen molar-refractivity contribution in [1.29, 1.82) is 0 Å². The van der Waals surface area contributed by atoms with Crippen molar-refractivity contribution in [3.8, 4) is 0 Å². The summed E-state index contributed by atoms with van der Waals surface area (Å²) in [5, 5.41) is 11.7. The molecular weight excluding hydrogens is 206 g/mol. The van der Waals surface area contributed by atoms with Gasteiger partial charge in [0.25, 0.3) is 0 Å². The third-order valence-electron chi connectivity index (χ3n) is 3.16. The highest BCUT2D eigenvalue weighted by Gasteiger charge is 2.28. The second-order valence-electron chi connectivity index (χ2n) is 4.35. The standard InChI is InChI=1S/C12H19NO3/c1-3-8(2)10(12(15)16)13-11(14)9-6-4-5-7-9/h4-5,8-10H,3,6-7H2,1-2H3,(H,13,14)(H,15,16). The van der Waals surface area contributed by atoms with E-state index in [1.54, 1.807) is 0 Å². The van der Waals surface area contributed by atoms with E-state index in [1.807, 2.05) is 26.0 Å². The van der Waals surface area contributed by atoms with Crippen molar-refractivity contribution in [2.45, 2.75) is 39.2 Å². The first-order chi connectivity index (χ1) is 7.56. The molecule has 2 unspecified atom stereocenters. The fourth-order valence-electron chi connectivity index (χ4n) is 1.79. The normalized spacial score (nSPS) is 19.4. The summed E-state index contributed by atoms with van der Waals surface area (Å²) < 4.78 is 0. The molecule has 1 rings (SSSR count). The van der Waals surface area contributed by atoms with E-state index in [2.05, 4.69) is 5.32 Å². The number of rotatable bonds is 5. The SMILES string of the molecule is CCC(C)C(NC(=O)C1CC=CC1)C(=O)O. The minimum Gasteiger partial charge on any atom is -0.480 e. The Labute approximate surface area is 95.7 Å². The van der Waals surface area contributed by atoms with Gasteiger partial charge in [0.1, 0.15) is 6.04 Å². The molecule has 2 N–H and O–H groups in total. The predicted octanol–water partition coefficient (Wildman–Crippen LogP) is 1.57. The van der Waals surface area contributed by atoms with Crippen molar-refractivity contribution >= 4 is 11.9 Å². The Bertz CT molecular complexity index is 291. The molecule has 0 bridgehead atoms. The molecule has 0 aromatic rings. The van der Waals surface area contributed by atoms with Crippen LogP contribution < -0.4 is 5.32 Å². The minimum atomic E-state index is -0.950. The first-order valence-corrected chi connectivity index (χ1v) is 5.74. The zero-order valence-electron chi connectivity index (χ0n) is 9.77. The van der Waals surface area contributed by atoms with Crippen LogP contribution in [0.15, 0.2) is 12.2 Å². The van der Waals surface area contributed by atoms with Crippen molar-refractivity contribution < 1.29 is 14.7 Å². The Morgan fingerprint density at radius 2 is 2.00 bits per heavy atom. The van der Waals surface area contributed by atoms with Gasteiger partial charge in [-0.15, -0.1) is 0 Å². The van der Waals surface area contributed by atoms with Gasteiger partial charge < -0.3 is 10.4 Å². The van der Waals surface area contributed by atoms with Gasteiger partial charge >= 0.3 is 5.97 Å². The maximum atomic E-state index is 11.8. The summed E-state index contributed by atoms with van der Waals surface area (Å²) in [6.07, 6.45) is 6.10. The molecule has 1 aliphatic carbocycles. The maximum Gasteiger partial charge on any atom is 0.326 e. The van der Waals surface area contributed by atoms with Crippen molar-refractivity contribution in [3.63, 3.8) is 0 Å². The number of carbonyl (C=O) groups excluding carboxylic acids is 1. The molecular formula is C12H19NO3. The highest BCUT2D eigenvalue weighted by molar-refractivity contribution is 5.85. The van der Waals surface area contributed by atoms with Gasteiger partial charge in [-0.05, 0) is 18.8 Å². The van der Waals surface area contributed by atoms with Crippen LogP contribution in [0, 0.1) is 11.8 Å². The molecule has 2 atom stereocenters. The summed E-state index contributed by atoms with van der Waals surface area (Å²) in [4.78, 5) is 22.8. The lowest BCUT2D eigenvalue weighted by Gasteiger charge is -2.21. The van der Waals surface area contributed by atoms with Crippen molar-refractivity contribution in [1.82, 2.24) is 5.32 Å². The Hall–Kier alpha value is -1.32. The smallest absolute Gasteiger partial charge is 0.326 e. The molecule has 0 spiro atoms. The molecule has 0 saturated carbocycles. The van der Waals surface area contributed by atoms with Gasteiger partial charge in [0.2, 0.25) is 5.91 Å². The molecule has 4 nitrogen and oxygen atoms in total. The van der Waals surface area contributed by atoms with Gasteiger partial charge in [0, 0.05) is 5.92 Å². The number of carboxylic acid groups (broad SMARTS) is 1. The van der Waals surface area contributed by atoms with E-state index < -0.39 is 12.0 Å². The third-order valence-corrected chi connectivity index (χ3v) is 3.16. The lowest BCUT2D eigenvalue weighted by molar-refractivity contribution is -0.143. The van der Waals surface area contributed by atoms with Crippen molar-refractivity contribution in [3.05, 3.63) is 12.2 Å². The average Bonchev–Trinajstić information content (AvgIpc) is 2.77. The molecule has 0 aliphatic heterocycles. The van der Waals surface area contributed by atoms with Crippen molar-refractivity contribution in [2.24, 2.45) is 11.8 Å². The number of hydrogen-bond donors (Lipinski definition) is 2. The van der Waals surface area contributed by atoms with Crippen LogP contribution >= 0.6 is 0 Å². The first kappa shape index (κ1) is 12.7. The fraction of sp³-hybridized carbons (Fsp3) is 0.667. The van der Waals surface area contributed by atoms with Crippen LogP contribution in [-0.4, -0.2) is 23.0 Å². The fourth-order valence-corrected chi connectivity index (χ4v) is 1.79. The number of aliphatic carboxylic acids is 1. The number of amides is 1.